The van der Waals surface area contributed by atoms with E-state index in [1.807, 2.05) is 17.6 Å². The van der Waals surface area contributed by atoms with E-state index in [9.17, 15) is 4.79 Å². The van der Waals surface area contributed by atoms with Crippen LogP contribution in [0.4, 0.5) is 5.95 Å². The first-order chi connectivity index (χ1) is 14.2. The van der Waals surface area contributed by atoms with Crippen LogP contribution in [0.25, 0.3) is 0 Å². The molecule has 1 amide bonds. The summed E-state index contributed by atoms with van der Waals surface area (Å²) >= 11 is 1.71. The SMILES string of the molecule is O=C(NCC1CC1)[C@]12CCCN(Cc3nccs3)C[C@H]1CN(c1ncccn1)C2. The molecule has 2 aliphatic heterocycles. The van der Waals surface area contributed by atoms with E-state index in [0.29, 0.717) is 12.5 Å². The summed E-state index contributed by atoms with van der Waals surface area (Å²) in [7, 11) is 0. The highest BCUT2D eigenvalue weighted by Gasteiger charge is 2.53. The van der Waals surface area contributed by atoms with Crippen molar-refractivity contribution in [2.24, 2.45) is 17.3 Å². The van der Waals surface area contributed by atoms with E-state index in [2.05, 4.69) is 30.1 Å². The first kappa shape index (κ1) is 18.9. The van der Waals surface area contributed by atoms with Gasteiger partial charge < -0.3 is 10.2 Å². The molecule has 0 bridgehead atoms. The lowest BCUT2D eigenvalue weighted by atomic mass is 9.74. The number of anilines is 1. The van der Waals surface area contributed by atoms with Crippen molar-refractivity contribution < 1.29 is 4.79 Å². The van der Waals surface area contributed by atoms with Gasteiger partial charge in [0.25, 0.3) is 0 Å². The molecular formula is C21H28N6OS. The zero-order valence-corrected chi connectivity index (χ0v) is 17.5. The van der Waals surface area contributed by atoms with E-state index in [4.69, 9.17) is 0 Å². The molecule has 1 aliphatic carbocycles. The Balaban J connectivity index is 1.37. The summed E-state index contributed by atoms with van der Waals surface area (Å²) in [5, 5.41) is 6.49. The molecule has 5 rings (SSSR count). The van der Waals surface area contributed by atoms with Crippen LogP contribution >= 0.6 is 11.3 Å². The van der Waals surface area contributed by atoms with Gasteiger partial charge in [-0.15, -0.1) is 11.3 Å². The Morgan fingerprint density at radius 2 is 2.07 bits per heavy atom. The van der Waals surface area contributed by atoms with Crippen molar-refractivity contribution in [2.45, 2.75) is 32.2 Å². The van der Waals surface area contributed by atoms with E-state index in [0.717, 1.165) is 56.5 Å². The highest BCUT2D eigenvalue weighted by atomic mass is 32.1. The van der Waals surface area contributed by atoms with Gasteiger partial charge in [-0.25, -0.2) is 15.0 Å². The van der Waals surface area contributed by atoms with Crippen molar-refractivity contribution in [3.8, 4) is 0 Å². The third kappa shape index (κ3) is 4.00. The summed E-state index contributed by atoms with van der Waals surface area (Å²) in [6.07, 6.45) is 9.90. The van der Waals surface area contributed by atoms with Crippen LogP contribution in [-0.4, -0.2) is 58.5 Å². The number of hydrogen-bond acceptors (Lipinski definition) is 7. The summed E-state index contributed by atoms with van der Waals surface area (Å²) in [5.74, 6) is 1.94. The number of thiazole rings is 1. The Kier molecular flexibility index (Phi) is 5.22. The maximum Gasteiger partial charge on any atom is 0.228 e. The van der Waals surface area contributed by atoms with Crippen LogP contribution < -0.4 is 10.2 Å². The van der Waals surface area contributed by atoms with Gasteiger partial charge in [-0.2, -0.15) is 0 Å². The van der Waals surface area contributed by atoms with Crippen LogP contribution in [0, 0.1) is 17.3 Å². The Labute approximate surface area is 175 Å². The van der Waals surface area contributed by atoms with Crippen LogP contribution in [0.3, 0.4) is 0 Å². The smallest absolute Gasteiger partial charge is 0.228 e. The second kappa shape index (κ2) is 7.99. The van der Waals surface area contributed by atoms with Gasteiger partial charge in [-0.05, 0) is 44.2 Å². The van der Waals surface area contributed by atoms with Gasteiger partial charge in [0, 0.05) is 56.1 Å². The van der Waals surface area contributed by atoms with E-state index < -0.39 is 0 Å². The standard InChI is InChI=1S/C21H28N6OS/c28-19(25-11-16-3-4-16)21-5-1-9-26(14-18-22-8-10-29-18)12-17(21)13-27(15-21)20-23-6-2-7-24-20/h2,6-8,10,16-17H,1,3-5,9,11-15H2,(H,25,28)/t17-,21-/m0/s1. The number of hydrogen-bond donors (Lipinski definition) is 1. The van der Waals surface area contributed by atoms with Crippen molar-refractivity contribution in [1.82, 2.24) is 25.2 Å². The van der Waals surface area contributed by atoms with Crippen molar-refractivity contribution in [1.29, 1.82) is 0 Å². The molecule has 29 heavy (non-hydrogen) atoms. The molecule has 2 aromatic heterocycles. The zero-order valence-electron chi connectivity index (χ0n) is 16.7. The number of nitrogens with zero attached hydrogens (tertiary/aromatic N) is 5. The number of nitrogens with one attached hydrogen (secondary N) is 1. The van der Waals surface area contributed by atoms with E-state index in [-0.39, 0.29) is 17.2 Å². The number of rotatable bonds is 6. The number of aromatic nitrogens is 3. The van der Waals surface area contributed by atoms with Gasteiger partial charge >= 0.3 is 0 Å². The van der Waals surface area contributed by atoms with Gasteiger partial charge in [0.15, 0.2) is 0 Å². The minimum absolute atomic E-state index is 0.240. The fraction of sp³-hybridized carbons (Fsp3) is 0.619. The molecular weight excluding hydrogens is 384 g/mol. The highest BCUT2D eigenvalue weighted by Crippen LogP contribution is 2.44. The van der Waals surface area contributed by atoms with Gasteiger partial charge in [0.1, 0.15) is 5.01 Å². The largest absolute Gasteiger partial charge is 0.355 e. The molecule has 8 heteroatoms. The predicted molar refractivity (Wildman–Crippen MR) is 113 cm³/mol. The molecule has 0 radical (unpaired) electrons. The zero-order chi connectivity index (χ0) is 19.7. The number of carbonyl (C=O) groups is 1. The normalized spacial score (nSPS) is 27.4. The molecule has 0 unspecified atom stereocenters. The molecule has 2 saturated heterocycles. The Bertz CT molecular complexity index is 827. The molecule has 0 spiro atoms. The second-order valence-electron chi connectivity index (χ2n) is 8.70. The van der Waals surface area contributed by atoms with Crippen molar-refractivity contribution >= 4 is 23.2 Å². The maximum absolute atomic E-state index is 13.5. The van der Waals surface area contributed by atoms with Gasteiger partial charge in [-0.1, -0.05) is 0 Å². The van der Waals surface area contributed by atoms with Crippen LogP contribution in [-0.2, 0) is 11.3 Å². The number of likely N-dealkylation sites (tertiary alicyclic amines) is 1. The topological polar surface area (TPSA) is 74.2 Å². The van der Waals surface area contributed by atoms with Crippen molar-refractivity contribution in [3.63, 3.8) is 0 Å². The predicted octanol–water partition coefficient (Wildman–Crippen LogP) is 2.18. The third-order valence-electron chi connectivity index (χ3n) is 6.65. The highest BCUT2D eigenvalue weighted by molar-refractivity contribution is 7.09. The molecule has 7 nitrogen and oxygen atoms in total. The monoisotopic (exact) mass is 412 g/mol. The summed E-state index contributed by atoms with van der Waals surface area (Å²) in [4.78, 5) is 31.6. The quantitative estimate of drug-likeness (QED) is 0.784. The fourth-order valence-corrected chi connectivity index (χ4v) is 5.55. The Morgan fingerprint density at radius 1 is 1.21 bits per heavy atom. The van der Waals surface area contributed by atoms with Crippen LogP contribution in [0.2, 0.25) is 0 Å². The second-order valence-corrected chi connectivity index (χ2v) is 9.68. The third-order valence-corrected chi connectivity index (χ3v) is 7.41. The molecule has 3 aliphatic rings. The molecule has 3 fully saturated rings. The number of fused-ring (bicyclic) bond motifs is 1. The summed E-state index contributed by atoms with van der Waals surface area (Å²) < 4.78 is 0. The summed E-state index contributed by atoms with van der Waals surface area (Å²) in [6.45, 7) is 5.18. The van der Waals surface area contributed by atoms with Crippen molar-refractivity contribution in [3.05, 3.63) is 35.0 Å². The van der Waals surface area contributed by atoms with Gasteiger partial charge in [0.05, 0.1) is 12.0 Å². The molecule has 1 saturated carbocycles. The molecule has 2 atom stereocenters. The van der Waals surface area contributed by atoms with E-state index >= 15 is 0 Å². The lowest BCUT2D eigenvalue weighted by Crippen LogP contribution is -2.48. The first-order valence-corrected chi connectivity index (χ1v) is 11.5. The minimum atomic E-state index is -0.355. The van der Waals surface area contributed by atoms with Crippen LogP contribution in [0.1, 0.15) is 30.7 Å². The average Bonchev–Trinajstić information content (AvgIpc) is 3.36. The van der Waals surface area contributed by atoms with Crippen molar-refractivity contribution in [2.75, 3.05) is 37.6 Å². The lowest BCUT2D eigenvalue weighted by molar-refractivity contribution is -0.132. The molecule has 4 heterocycles. The number of amides is 1. The molecule has 0 aromatic carbocycles. The van der Waals surface area contributed by atoms with Crippen LogP contribution in [0.15, 0.2) is 30.0 Å². The number of carbonyl (C=O) groups excluding carboxylic acids is 1. The van der Waals surface area contributed by atoms with E-state index in [1.165, 1.54) is 12.8 Å². The minimum Gasteiger partial charge on any atom is -0.355 e. The average molecular weight is 413 g/mol. The lowest BCUT2D eigenvalue weighted by Gasteiger charge is -2.32. The molecule has 1 N–H and O–H groups in total. The van der Waals surface area contributed by atoms with Crippen LogP contribution in [0.5, 0.6) is 0 Å². The van der Waals surface area contributed by atoms with Gasteiger partial charge in [0.2, 0.25) is 11.9 Å². The maximum atomic E-state index is 13.5. The Morgan fingerprint density at radius 3 is 2.83 bits per heavy atom. The summed E-state index contributed by atoms with van der Waals surface area (Å²) in [5.41, 5.74) is -0.355. The van der Waals surface area contributed by atoms with Gasteiger partial charge in [-0.3, -0.25) is 9.69 Å². The molecule has 154 valence electrons. The molecule has 2 aromatic rings. The summed E-state index contributed by atoms with van der Waals surface area (Å²) in [6, 6.07) is 1.84. The fourth-order valence-electron chi connectivity index (χ4n) is 4.89. The van der Waals surface area contributed by atoms with E-state index in [1.54, 1.807) is 23.7 Å². The first-order valence-electron chi connectivity index (χ1n) is 10.6. The Hall–Kier alpha value is -2.06.